The highest BCUT2D eigenvalue weighted by atomic mass is 31.2. The molecule has 0 saturated carbocycles. The smallest absolute Gasteiger partial charge is 0.309 e. The number of unbranched alkanes of at least 4 members (excludes halogenated alkanes) is 8. The van der Waals surface area contributed by atoms with Crippen molar-refractivity contribution in [2.24, 2.45) is 23.7 Å². The van der Waals surface area contributed by atoms with Crippen molar-refractivity contribution >= 4 is 35.1 Å². The molecule has 0 bridgehead atoms. The molecule has 1 amide bonds. The lowest BCUT2D eigenvalue weighted by atomic mass is 9.68. The van der Waals surface area contributed by atoms with Crippen LogP contribution >= 0.6 is 7.26 Å². The Morgan fingerprint density at radius 3 is 1.89 bits per heavy atom. The lowest BCUT2D eigenvalue weighted by Gasteiger charge is -2.51. The van der Waals surface area contributed by atoms with Crippen LogP contribution in [0, 0.1) is 23.7 Å². The zero-order valence-electron chi connectivity index (χ0n) is 51.9. The molecule has 7 rings (SSSR count). The first-order chi connectivity index (χ1) is 38.8. The van der Waals surface area contributed by atoms with Crippen LogP contribution in [0.1, 0.15) is 159 Å². The number of fused-ring (bicyclic) bond motifs is 3. The van der Waals surface area contributed by atoms with Crippen LogP contribution in [0.15, 0.2) is 78.9 Å². The van der Waals surface area contributed by atoms with Crippen LogP contribution in [0.2, 0.25) is 0 Å². The summed E-state index contributed by atoms with van der Waals surface area (Å²) >= 11 is 0. The van der Waals surface area contributed by atoms with Crippen LogP contribution in [0.5, 0.6) is 0 Å². The highest BCUT2D eigenvalue weighted by Crippen LogP contribution is 2.62. The Balaban J connectivity index is 1.03. The lowest BCUT2D eigenvalue weighted by molar-refractivity contribution is -0.302. The number of nitrogens with zero attached hydrogens (tertiary/aromatic N) is 2. The Labute approximate surface area is 492 Å². The van der Waals surface area contributed by atoms with Crippen molar-refractivity contribution in [2.75, 3.05) is 33.9 Å². The number of rotatable bonds is 19. The molecule has 5 N–H and O–H groups in total. The van der Waals surface area contributed by atoms with Crippen molar-refractivity contribution in [3.8, 4) is 11.1 Å². The van der Waals surface area contributed by atoms with E-state index in [0.29, 0.717) is 12.8 Å². The Bertz CT molecular complexity index is 2470. The quantitative estimate of drug-likeness (QED) is 0.0435. The van der Waals surface area contributed by atoms with Crippen LogP contribution in [0.25, 0.3) is 11.1 Å². The van der Waals surface area contributed by atoms with E-state index < -0.39 is 103 Å². The number of hydrogen-bond donors (Lipinski definition) is 5. The van der Waals surface area contributed by atoms with Gasteiger partial charge in [0.15, 0.2) is 6.29 Å². The average molecular weight is 1160 g/mol. The SMILES string of the molecule is CC[C@H]1OC(=O)[C@H](C)[C@@H](C2C[C@@](C)(OC)[C@@H](O)[C@H](C)O2)[C@H](C)[C@@H](O[C@@H]2O[C@H](C)C[C@H](N(C)C)[C@H]2O)[C@](C)(O)C[C@@H](C)CN(C(=O)CCCCCCCCCCC[P+]2(c3ccccc3)c3ccccc3-c3ccccc32)[C@H](C)[C@@H](O)[C@]1(C)O. The molecule has 0 aliphatic carbocycles. The number of methoxy groups -OCH3 is 1. The molecule has 18 atom stereocenters. The van der Waals surface area contributed by atoms with Crippen molar-refractivity contribution in [3.05, 3.63) is 78.9 Å². The monoisotopic (exact) mass is 1160 g/mol. The zero-order chi connectivity index (χ0) is 59.9. The van der Waals surface area contributed by atoms with E-state index in [0.717, 1.165) is 31.8 Å². The second-order valence-electron chi connectivity index (χ2n) is 26.2. The van der Waals surface area contributed by atoms with E-state index in [1.165, 1.54) is 66.8 Å². The maximum Gasteiger partial charge on any atom is 0.309 e. The first-order valence-corrected chi connectivity index (χ1v) is 33.1. The molecular formula is C67H104N2O12P+. The van der Waals surface area contributed by atoms with Gasteiger partial charge in [0.25, 0.3) is 0 Å². The highest BCUT2D eigenvalue weighted by Gasteiger charge is 2.56. The number of likely N-dealkylation sites (N-methyl/N-ethyl adjacent to an activating group) is 1. The number of aliphatic hydroxyl groups is 5. The largest absolute Gasteiger partial charge is 0.459 e. The second kappa shape index (κ2) is 28.4. The first-order valence-electron chi connectivity index (χ1n) is 31.1. The summed E-state index contributed by atoms with van der Waals surface area (Å²) in [6.07, 6.45) is 3.14. The molecule has 1 unspecified atom stereocenters. The minimum Gasteiger partial charge on any atom is -0.459 e. The van der Waals surface area contributed by atoms with Crippen LogP contribution in [0.3, 0.4) is 0 Å². The van der Waals surface area contributed by atoms with Gasteiger partial charge in [-0.3, -0.25) is 9.59 Å². The molecule has 0 radical (unpaired) electrons. The number of esters is 1. The fraction of sp³-hybridized carbons (Fsp3) is 0.701. The van der Waals surface area contributed by atoms with Crippen molar-refractivity contribution < 1.29 is 58.8 Å². The summed E-state index contributed by atoms with van der Waals surface area (Å²) in [7, 11) is 3.55. The van der Waals surface area contributed by atoms with Crippen molar-refractivity contribution in [1.82, 2.24) is 9.80 Å². The van der Waals surface area contributed by atoms with E-state index in [-0.39, 0.29) is 56.2 Å². The van der Waals surface area contributed by atoms with Gasteiger partial charge in [0.2, 0.25) is 5.91 Å². The fourth-order valence-electron chi connectivity index (χ4n) is 14.9. The van der Waals surface area contributed by atoms with Crippen molar-refractivity contribution in [2.45, 2.75) is 243 Å². The number of hydrogen-bond acceptors (Lipinski definition) is 13. The van der Waals surface area contributed by atoms with Crippen molar-refractivity contribution in [1.29, 1.82) is 0 Å². The maximum atomic E-state index is 14.8. The zero-order valence-corrected chi connectivity index (χ0v) is 52.8. The molecule has 0 spiro atoms. The molecule has 3 saturated heterocycles. The Hall–Kier alpha value is -3.37. The summed E-state index contributed by atoms with van der Waals surface area (Å²) in [5.41, 5.74) is -1.94. The highest BCUT2D eigenvalue weighted by molar-refractivity contribution is 7.96. The van der Waals surface area contributed by atoms with Gasteiger partial charge in [-0.05, 0) is 130 Å². The summed E-state index contributed by atoms with van der Waals surface area (Å²) in [4.78, 5) is 33.0. The number of amides is 1. The van der Waals surface area contributed by atoms with Crippen molar-refractivity contribution in [3.63, 3.8) is 0 Å². The molecule has 3 fully saturated rings. The third kappa shape index (κ3) is 14.4. The molecule has 15 heteroatoms. The Morgan fingerprint density at radius 2 is 1.32 bits per heavy atom. The third-order valence-electron chi connectivity index (χ3n) is 19.6. The maximum absolute atomic E-state index is 14.8. The predicted molar refractivity (Wildman–Crippen MR) is 327 cm³/mol. The number of carbonyl (C=O) groups is 2. The van der Waals surface area contributed by atoms with Gasteiger partial charge >= 0.3 is 5.97 Å². The normalized spacial score (nSPS) is 36.5. The molecular weight excluding hydrogens is 1060 g/mol. The van der Waals surface area contributed by atoms with Crippen LogP contribution in [-0.2, 0) is 33.3 Å². The molecule has 458 valence electrons. The Kier molecular flexibility index (Phi) is 22.9. The van der Waals surface area contributed by atoms with E-state index in [4.69, 9.17) is 23.7 Å². The molecule has 4 aliphatic heterocycles. The number of ether oxygens (including phenoxy) is 5. The van der Waals surface area contributed by atoms with E-state index >= 15 is 0 Å². The second-order valence-corrected chi connectivity index (χ2v) is 29.7. The van der Waals surface area contributed by atoms with Gasteiger partial charge in [-0.15, -0.1) is 0 Å². The van der Waals surface area contributed by atoms with Gasteiger partial charge in [0.1, 0.15) is 53.2 Å². The van der Waals surface area contributed by atoms with E-state index in [1.54, 1.807) is 39.5 Å². The van der Waals surface area contributed by atoms with Crippen LogP contribution < -0.4 is 15.9 Å². The molecule has 4 heterocycles. The minimum atomic E-state index is -1.98. The van der Waals surface area contributed by atoms with E-state index in [2.05, 4.69) is 78.9 Å². The standard InChI is InChI=1S/C67H104N2O12P/c1-14-56-67(10,76)60(72)47(6)69(57(70)37-25-20-18-16-15-17-19-21-30-38-82(49-31-23-22-24-32-49)54-35-28-26-33-50(54)51-34-27-29-36-55(51)82)42-43(2)40-65(8,75)62(81-64-59(71)52(68(11)12)39-44(3)78-64)45(4)58(46(5)63(74)80-56)53-41-66(9,77-13)61(73)48(7)79-53/h22-24,26-29,31-36,43-48,52-53,56,58-62,64,71-73,75-76H,14-21,25,30,37-42H2,1-13H3/q+1/t43-,44-,45+,46-,47-,48+,52+,53?,56-,58+,59-,60-,61+,62-,64+,65-,66-,67-/m1/s1. The van der Waals surface area contributed by atoms with Crippen LogP contribution in [-0.4, -0.2) is 165 Å². The van der Waals surface area contributed by atoms with Gasteiger partial charge < -0.3 is 59.0 Å². The summed E-state index contributed by atoms with van der Waals surface area (Å²) < 4.78 is 32.2. The van der Waals surface area contributed by atoms with Gasteiger partial charge in [0.05, 0.1) is 53.7 Å². The number of carbonyl (C=O) groups excluding carboxylic acids is 2. The molecule has 14 nitrogen and oxygen atoms in total. The van der Waals surface area contributed by atoms with Gasteiger partial charge in [0, 0.05) is 49.6 Å². The third-order valence-corrected chi connectivity index (χ3v) is 24.2. The molecule has 82 heavy (non-hydrogen) atoms. The topological polar surface area (TPSA) is 188 Å². The van der Waals surface area contributed by atoms with E-state index in [1.807, 2.05) is 46.7 Å². The first kappa shape index (κ1) is 66.2. The molecule has 4 aliphatic rings. The predicted octanol–water partition coefficient (Wildman–Crippen LogP) is 8.95. The van der Waals surface area contributed by atoms with Gasteiger partial charge in [-0.2, -0.15) is 0 Å². The minimum absolute atomic E-state index is 0.109. The molecule has 3 aromatic carbocycles. The fourth-order valence-corrected chi connectivity index (χ4v) is 19.8. The van der Waals surface area contributed by atoms with Gasteiger partial charge in [-0.25, -0.2) is 0 Å². The number of cyclic esters (lactones) is 1. The van der Waals surface area contributed by atoms with E-state index in [9.17, 15) is 35.1 Å². The summed E-state index contributed by atoms with van der Waals surface area (Å²) in [5, 5.41) is 65.4. The molecule has 3 aromatic rings. The summed E-state index contributed by atoms with van der Waals surface area (Å²) in [6.45, 7) is 17.9. The van der Waals surface area contributed by atoms with Crippen LogP contribution in [0.4, 0.5) is 0 Å². The number of benzene rings is 3. The average Bonchev–Trinajstić information content (AvgIpc) is 3.39. The Morgan fingerprint density at radius 1 is 0.756 bits per heavy atom. The summed E-state index contributed by atoms with van der Waals surface area (Å²) in [6, 6.07) is 28.1. The summed E-state index contributed by atoms with van der Waals surface area (Å²) in [5.74, 6) is -3.61. The molecule has 0 aromatic heterocycles. The lowest BCUT2D eigenvalue weighted by Crippen LogP contribution is -2.61. The van der Waals surface area contributed by atoms with Gasteiger partial charge in [-0.1, -0.05) is 121 Å². The number of aliphatic hydroxyl groups excluding tert-OH is 3.